The van der Waals surface area contributed by atoms with Gasteiger partial charge in [0.15, 0.2) is 11.5 Å². The normalized spacial score (nSPS) is 14.8. The van der Waals surface area contributed by atoms with Crippen molar-refractivity contribution in [1.29, 1.82) is 0 Å². The molecular formula is C16H18N2O3. The second-order valence-electron chi connectivity index (χ2n) is 5.16. The summed E-state index contributed by atoms with van der Waals surface area (Å²) in [5, 5.41) is 0. The van der Waals surface area contributed by atoms with Crippen LogP contribution in [0.1, 0.15) is 17.2 Å². The number of pyridine rings is 1. The highest BCUT2D eigenvalue weighted by Gasteiger charge is 2.15. The van der Waals surface area contributed by atoms with Crippen LogP contribution in [0.5, 0.6) is 11.5 Å². The van der Waals surface area contributed by atoms with Crippen molar-refractivity contribution in [3.05, 3.63) is 58.0 Å². The Morgan fingerprint density at radius 2 is 2.00 bits per heavy atom. The lowest BCUT2D eigenvalue weighted by atomic mass is 10.1. The third-order valence-electron chi connectivity index (χ3n) is 3.60. The Hall–Kier alpha value is -2.27. The maximum absolute atomic E-state index is 12.0. The SMILES string of the molecule is Cc1cccn(CC(N)c2ccc3c(c2)OCCO3)c1=O. The van der Waals surface area contributed by atoms with E-state index in [0.717, 1.165) is 11.3 Å². The van der Waals surface area contributed by atoms with E-state index < -0.39 is 0 Å². The highest BCUT2D eigenvalue weighted by Crippen LogP contribution is 2.32. The van der Waals surface area contributed by atoms with Crippen molar-refractivity contribution in [2.24, 2.45) is 5.73 Å². The minimum absolute atomic E-state index is 0.00880. The van der Waals surface area contributed by atoms with Crippen LogP contribution in [0.25, 0.3) is 0 Å². The van der Waals surface area contributed by atoms with Gasteiger partial charge in [0, 0.05) is 24.3 Å². The first-order valence-electron chi connectivity index (χ1n) is 6.96. The zero-order chi connectivity index (χ0) is 14.8. The first kappa shape index (κ1) is 13.7. The van der Waals surface area contributed by atoms with Crippen molar-refractivity contribution in [2.45, 2.75) is 19.5 Å². The third kappa shape index (κ3) is 2.78. The Labute approximate surface area is 122 Å². The molecule has 3 rings (SSSR count). The molecule has 5 heteroatoms. The fraction of sp³-hybridized carbons (Fsp3) is 0.312. The summed E-state index contributed by atoms with van der Waals surface area (Å²) < 4.78 is 12.7. The summed E-state index contributed by atoms with van der Waals surface area (Å²) in [4.78, 5) is 12.0. The van der Waals surface area contributed by atoms with E-state index >= 15 is 0 Å². The highest BCUT2D eigenvalue weighted by molar-refractivity contribution is 5.44. The van der Waals surface area contributed by atoms with Gasteiger partial charge in [0.2, 0.25) is 0 Å². The average molecular weight is 286 g/mol. The van der Waals surface area contributed by atoms with Crippen LogP contribution in [-0.4, -0.2) is 17.8 Å². The van der Waals surface area contributed by atoms with Crippen molar-refractivity contribution in [3.8, 4) is 11.5 Å². The molecule has 0 spiro atoms. The highest BCUT2D eigenvalue weighted by atomic mass is 16.6. The van der Waals surface area contributed by atoms with Gasteiger partial charge in [0.1, 0.15) is 13.2 Å². The molecule has 2 aromatic rings. The molecule has 1 aromatic carbocycles. The summed E-state index contributed by atoms with van der Waals surface area (Å²) in [6.07, 6.45) is 1.76. The van der Waals surface area contributed by atoms with Crippen molar-refractivity contribution in [2.75, 3.05) is 13.2 Å². The standard InChI is InChI=1S/C16H18N2O3/c1-11-3-2-6-18(16(11)19)10-13(17)12-4-5-14-15(9-12)21-8-7-20-14/h2-6,9,13H,7-8,10,17H2,1H3. The fourth-order valence-electron chi connectivity index (χ4n) is 2.41. The van der Waals surface area contributed by atoms with Gasteiger partial charge in [-0.25, -0.2) is 0 Å². The zero-order valence-corrected chi connectivity index (χ0v) is 11.9. The molecule has 110 valence electrons. The number of aryl methyl sites for hydroxylation is 1. The number of nitrogens with zero attached hydrogens (tertiary/aromatic N) is 1. The number of nitrogens with two attached hydrogens (primary N) is 1. The van der Waals surface area contributed by atoms with Crippen LogP contribution in [0.4, 0.5) is 0 Å². The largest absolute Gasteiger partial charge is 0.486 e. The van der Waals surface area contributed by atoms with Crippen LogP contribution in [0.3, 0.4) is 0 Å². The molecule has 0 radical (unpaired) electrons. The number of aromatic nitrogens is 1. The molecule has 0 saturated carbocycles. The van der Waals surface area contributed by atoms with Gasteiger partial charge in [0.25, 0.3) is 5.56 Å². The van der Waals surface area contributed by atoms with Crippen molar-refractivity contribution in [1.82, 2.24) is 4.57 Å². The molecule has 1 unspecified atom stereocenters. The fourth-order valence-corrected chi connectivity index (χ4v) is 2.41. The minimum atomic E-state index is -0.277. The number of ether oxygens (including phenoxy) is 2. The smallest absolute Gasteiger partial charge is 0.253 e. The van der Waals surface area contributed by atoms with Gasteiger partial charge in [-0.15, -0.1) is 0 Å². The van der Waals surface area contributed by atoms with Gasteiger partial charge in [-0.05, 0) is 30.7 Å². The lowest BCUT2D eigenvalue weighted by molar-refractivity contribution is 0.171. The first-order valence-corrected chi connectivity index (χ1v) is 6.96. The lowest BCUT2D eigenvalue weighted by Crippen LogP contribution is -2.27. The first-order chi connectivity index (χ1) is 10.1. The molecule has 2 heterocycles. The summed E-state index contributed by atoms with van der Waals surface area (Å²) in [5.74, 6) is 1.45. The van der Waals surface area contributed by atoms with Gasteiger partial charge < -0.3 is 19.8 Å². The maximum atomic E-state index is 12.0. The molecule has 0 saturated heterocycles. The lowest BCUT2D eigenvalue weighted by Gasteiger charge is -2.21. The molecule has 0 aliphatic carbocycles. The van der Waals surface area contributed by atoms with Gasteiger partial charge in [-0.2, -0.15) is 0 Å². The van der Waals surface area contributed by atoms with Gasteiger partial charge in [-0.3, -0.25) is 4.79 Å². The number of rotatable bonds is 3. The summed E-state index contributed by atoms with van der Waals surface area (Å²) in [7, 11) is 0. The third-order valence-corrected chi connectivity index (χ3v) is 3.60. The molecule has 1 atom stereocenters. The van der Waals surface area contributed by atoms with Crippen LogP contribution >= 0.6 is 0 Å². The van der Waals surface area contributed by atoms with Crippen LogP contribution in [0.15, 0.2) is 41.3 Å². The van der Waals surface area contributed by atoms with E-state index in [-0.39, 0.29) is 11.6 Å². The molecule has 21 heavy (non-hydrogen) atoms. The second-order valence-corrected chi connectivity index (χ2v) is 5.16. The van der Waals surface area contributed by atoms with E-state index in [4.69, 9.17) is 15.2 Å². The van der Waals surface area contributed by atoms with E-state index in [0.29, 0.717) is 31.1 Å². The van der Waals surface area contributed by atoms with Crippen LogP contribution < -0.4 is 20.8 Å². The minimum Gasteiger partial charge on any atom is -0.486 e. The Morgan fingerprint density at radius 1 is 1.24 bits per heavy atom. The Kier molecular flexibility index (Phi) is 3.66. The summed E-state index contributed by atoms with van der Waals surface area (Å²) in [6, 6.07) is 9.05. The van der Waals surface area contributed by atoms with E-state index in [9.17, 15) is 4.79 Å². The summed E-state index contributed by atoms with van der Waals surface area (Å²) in [6.45, 7) is 3.34. The Balaban J connectivity index is 1.83. The number of benzene rings is 1. The van der Waals surface area contributed by atoms with Crippen molar-refractivity contribution < 1.29 is 9.47 Å². The molecule has 1 aliphatic rings. The number of hydrogen-bond donors (Lipinski definition) is 1. The molecule has 5 nitrogen and oxygen atoms in total. The van der Waals surface area contributed by atoms with E-state index in [1.54, 1.807) is 23.8 Å². The molecule has 0 amide bonds. The Morgan fingerprint density at radius 3 is 2.81 bits per heavy atom. The topological polar surface area (TPSA) is 66.5 Å². The van der Waals surface area contributed by atoms with E-state index in [1.165, 1.54) is 0 Å². The molecular weight excluding hydrogens is 268 g/mol. The summed E-state index contributed by atoms with van der Waals surface area (Å²) in [5.41, 5.74) is 7.85. The van der Waals surface area contributed by atoms with Gasteiger partial charge in [-0.1, -0.05) is 12.1 Å². The van der Waals surface area contributed by atoms with E-state index in [2.05, 4.69) is 0 Å². The quantitative estimate of drug-likeness (QED) is 0.931. The molecule has 0 fully saturated rings. The van der Waals surface area contributed by atoms with Crippen molar-refractivity contribution in [3.63, 3.8) is 0 Å². The van der Waals surface area contributed by atoms with E-state index in [1.807, 2.05) is 24.3 Å². The van der Waals surface area contributed by atoms with Gasteiger partial charge in [0.05, 0.1) is 0 Å². The number of fused-ring (bicyclic) bond motifs is 1. The molecule has 0 bridgehead atoms. The summed E-state index contributed by atoms with van der Waals surface area (Å²) >= 11 is 0. The predicted octanol–water partition coefficient (Wildman–Crippen LogP) is 1.63. The van der Waals surface area contributed by atoms with Crippen LogP contribution in [0, 0.1) is 6.92 Å². The maximum Gasteiger partial charge on any atom is 0.253 e. The number of hydrogen-bond acceptors (Lipinski definition) is 4. The molecule has 2 N–H and O–H groups in total. The molecule has 1 aromatic heterocycles. The second kappa shape index (κ2) is 5.61. The monoisotopic (exact) mass is 286 g/mol. The van der Waals surface area contributed by atoms with Crippen LogP contribution in [0.2, 0.25) is 0 Å². The van der Waals surface area contributed by atoms with Crippen LogP contribution in [-0.2, 0) is 6.54 Å². The molecule has 1 aliphatic heterocycles. The average Bonchev–Trinajstić information content (AvgIpc) is 2.51. The van der Waals surface area contributed by atoms with Gasteiger partial charge >= 0.3 is 0 Å². The van der Waals surface area contributed by atoms with Crippen molar-refractivity contribution >= 4 is 0 Å². The zero-order valence-electron chi connectivity index (χ0n) is 11.9. The predicted molar refractivity (Wildman–Crippen MR) is 79.8 cm³/mol. The Bertz CT molecular complexity index is 709.